The smallest absolute Gasteiger partial charge is 0.305 e. The van der Waals surface area contributed by atoms with Gasteiger partial charge in [0.15, 0.2) is 0 Å². The summed E-state index contributed by atoms with van der Waals surface area (Å²) in [4.78, 5) is 59.3. The Morgan fingerprint density at radius 3 is 2.31 bits per heavy atom. The minimum atomic E-state index is -1.06. The van der Waals surface area contributed by atoms with Gasteiger partial charge in [0, 0.05) is 55.6 Å². The van der Waals surface area contributed by atoms with Crippen molar-refractivity contribution in [1.29, 1.82) is 5.26 Å². The van der Waals surface area contributed by atoms with E-state index < -0.39 is 17.9 Å². The number of pyridine rings is 1. The number of benzene rings is 2. The predicted octanol–water partition coefficient (Wildman–Crippen LogP) is 4.38. The van der Waals surface area contributed by atoms with Crippen molar-refractivity contribution in [2.24, 2.45) is 5.92 Å². The van der Waals surface area contributed by atoms with Gasteiger partial charge >= 0.3 is 5.97 Å². The van der Waals surface area contributed by atoms with Crippen molar-refractivity contribution in [3.63, 3.8) is 0 Å². The molecular formula is C34H36N6O5. The van der Waals surface area contributed by atoms with Gasteiger partial charge in [-0.15, -0.1) is 0 Å². The van der Waals surface area contributed by atoms with Crippen LogP contribution in [0.25, 0.3) is 0 Å². The molecule has 0 spiro atoms. The molecule has 2 aliphatic rings. The van der Waals surface area contributed by atoms with Crippen LogP contribution in [-0.4, -0.2) is 64.9 Å². The first-order chi connectivity index (χ1) is 21.8. The summed E-state index contributed by atoms with van der Waals surface area (Å²) in [6.07, 6.45) is 7.55. The first-order valence-corrected chi connectivity index (χ1v) is 15.2. The van der Waals surface area contributed by atoms with E-state index in [9.17, 15) is 24.3 Å². The normalized spacial score (nSPS) is 15.9. The number of anilines is 2. The number of nitrogens with one attached hydrogen (secondary N) is 2. The van der Waals surface area contributed by atoms with Crippen LogP contribution < -0.4 is 15.5 Å². The maximum Gasteiger partial charge on any atom is 0.305 e. The fourth-order valence-corrected chi connectivity index (χ4v) is 5.92. The largest absolute Gasteiger partial charge is 0.481 e. The summed E-state index contributed by atoms with van der Waals surface area (Å²) in [5.41, 5.74) is 3.11. The van der Waals surface area contributed by atoms with Crippen LogP contribution in [0.15, 0.2) is 67.0 Å². The molecule has 11 nitrogen and oxygen atoms in total. The highest BCUT2D eigenvalue weighted by atomic mass is 16.4. The number of rotatable bonds is 9. The average molecular weight is 609 g/mol. The lowest BCUT2D eigenvalue weighted by Gasteiger charge is -2.37. The van der Waals surface area contributed by atoms with E-state index in [0.29, 0.717) is 48.6 Å². The summed E-state index contributed by atoms with van der Waals surface area (Å²) >= 11 is 0. The summed E-state index contributed by atoms with van der Waals surface area (Å²) in [7, 11) is 0. The van der Waals surface area contributed by atoms with Crippen molar-refractivity contribution >= 4 is 35.1 Å². The van der Waals surface area contributed by atoms with Crippen molar-refractivity contribution < 1.29 is 24.3 Å². The molecule has 2 fully saturated rings. The molecule has 3 N–H and O–H groups in total. The van der Waals surface area contributed by atoms with Crippen molar-refractivity contribution in [2.75, 3.05) is 36.4 Å². The molecule has 0 radical (unpaired) electrons. The van der Waals surface area contributed by atoms with Crippen LogP contribution in [0, 0.1) is 17.2 Å². The van der Waals surface area contributed by atoms with Crippen LogP contribution >= 0.6 is 0 Å². The SMILES string of the molecule is N#Cc1ccc(C(=O)N2CCN(c3ccc(C(=O)NC(CC(=O)O)c4cccnc4)cc3NC(=O)C3CCCCC3)CC2)cc1. The molecule has 11 heteroatoms. The van der Waals surface area contributed by atoms with Crippen molar-refractivity contribution in [2.45, 2.75) is 44.6 Å². The van der Waals surface area contributed by atoms with Crippen LogP contribution in [0.3, 0.4) is 0 Å². The number of amides is 3. The highest BCUT2D eigenvalue weighted by Crippen LogP contribution is 2.32. The van der Waals surface area contributed by atoms with E-state index in [4.69, 9.17) is 5.26 Å². The second-order valence-corrected chi connectivity index (χ2v) is 11.4. The summed E-state index contributed by atoms with van der Waals surface area (Å²) in [6.45, 7) is 1.95. The zero-order valence-electron chi connectivity index (χ0n) is 24.9. The molecule has 1 aromatic heterocycles. The molecule has 1 aliphatic carbocycles. The van der Waals surface area contributed by atoms with Crippen molar-refractivity contribution in [3.05, 3.63) is 89.2 Å². The molecule has 3 amide bonds. The number of carbonyl (C=O) groups excluding carboxylic acids is 3. The van der Waals surface area contributed by atoms with Crippen LogP contribution in [0.1, 0.15) is 76.4 Å². The van der Waals surface area contributed by atoms with E-state index in [1.165, 1.54) is 6.20 Å². The molecule has 2 aromatic carbocycles. The van der Waals surface area contributed by atoms with Crippen LogP contribution in [0.5, 0.6) is 0 Å². The molecule has 45 heavy (non-hydrogen) atoms. The number of nitriles is 1. The monoisotopic (exact) mass is 608 g/mol. The van der Waals surface area contributed by atoms with E-state index >= 15 is 0 Å². The number of aromatic nitrogens is 1. The van der Waals surface area contributed by atoms with Crippen molar-refractivity contribution in [1.82, 2.24) is 15.2 Å². The highest BCUT2D eigenvalue weighted by molar-refractivity contribution is 6.01. The first kappa shape index (κ1) is 31.2. The van der Waals surface area contributed by atoms with E-state index in [2.05, 4.69) is 26.6 Å². The topological polar surface area (TPSA) is 156 Å². The lowest BCUT2D eigenvalue weighted by molar-refractivity contribution is -0.137. The number of carbonyl (C=O) groups is 4. The Morgan fingerprint density at radius 1 is 0.956 bits per heavy atom. The van der Waals surface area contributed by atoms with Gasteiger partial charge in [0.05, 0.1) is 35.5 Å². The number of piperazine rings is 1. The number of carboxylic acids is 1. The van der Waals surface area contributed by atoms with Crippen molar-refractivity contribution in [3.8, 4) is 6.07 Å². The van der Waals surface area contributed by atoms with Crippen LogP contribution in [0.4, 0.5) is 11.4 Å². The Hall–Kier alpha value is -5.24. The Bertz CT molecular complexity index is 1570. The molecule has 232 valence electrons. The van der Waals surface area contributed by atoms with Gasteiger partial charge in [-0.25, -0.2) is 0 Å². The third kappa shape index (κ3) is 7.84. The molecule has 3 aromatic rings. The minimum Gasteiger partial charge on any atom is -0.481 e. The van der Waals surface area contributed by atoms with E-state index in [1.54, 1.807) is 65.7 Å². The minimum absolute atomic E-state index is 0.0812. The van der Waals surface area contributed by atoms with Gasteiger partial charge in [-0.2, -0.15) is 5.26 Å². The van der Waals surface area contributed by atoms with E-state index in [0.717, 1.165) is 37.8 Å². The van der Waals surface area contributed by atoms with Gasteiger partial charge < -0.3 is 25.5 Å². The number of nitrogens with zero attached hydrogens (tertiary/aromatic N) is 4. The number of hydrogen-bond donors (Lipinski definition) is 3. The molecule has 1 unspecified atom stereocenters. The third-order valence-electron chi connectivity index (χ3n) is 8.43. The molecule has 2 heterocycles. The number of hydrogen-bond acceptors (Lipinski definition) is 7. The molecule has 1 saturated heterocycles. The number of carboxylic acid groups (broad SMARTS) is 1. The third-order valence-corrected chi connectivity index (χ3v) is 8.43. The molecule has 1 aliphatic heterocycles. The number of aliphatic carboxylic acids is 1. The van der Waals surface area contributed by atoms with Gasteiger partial charge in [0.25, 0.3) is 11.8 Å². The van der Waals surface area contributed by atoms with Crippen LogP contribution in [-0.2, 0) is 9.59 Å². The second-order valence-electron chi connectivity index (χ2n) is 11.4. The van der Waals surface area contributed by atoms with E-state index in [1.807, 2.05) is 0 Å². The Labute approximate surface area is 261 Å². The summed E-state index contributed by atoms with van der Waals surface area (Å²) in [6, 6.07) is 16.3. The summed E-state index contributed by atoms with van der Waals surface area (Å²) < 4.78 is 0. The average Bonchev–Trinajstić information content (AvgIpc) is 3.08. The van der Waals surface area contributed by atoms with Gasteiger partial charge in [0.1, 0.15) is 0 Å². The van der Waals surface area contributed by atoms with Gasteiger partial charge in [0.2, 0.25) is 5.91 Å². The maximum absolute atomic E-state index is 13.4. The van der Waals surface area contributed by atoms with Gasteiger partial charge in [-0.05, 0) is 66.9 Å². The molecule has 1 saturated carbocycles. The molecule has 5 rings (SSSR count). The Morgan fingerprint density at radius 2 is 1.67 bits per heavy atom. The molecular weight excluding hydrogens is 572 g/mol. The summed E-state index contributed by atoms with van der Waals surface area (Å²) in [5, 5.41) is 24.4. The second kappa shape index (κ2) is 14.5. The lowest BCUT2D eigenvalue weighted by Crippen LogP contribution is -2.49. The Kier molecular flexibility index (Phi) is 10.0. The lowest BCUT2D eigenvalue weighted by atomic mass is 9.88. The summed E-state index contributed by atoms with van der Waals surface area (Å²) in [5.74, 6) is -1.82. The first-order valence-electron chi connectivity index (χ1n) is 15.2. The highest BCUT2D eigenvalue weighted by Gasteiger charge is 2.27. The van der Waals surface area contributed by atoms with E-state index in [-0.39, 0.29) is 29.7 Å². The molecule has 1 atom stereocenters. The van der Waals surface area contributed by atoms with Gasteiger partial charge in [-0.1, -0.05) is 25.3 Å². The fraction of sp³-hybridized carbons (Fsp3) is 0.353. The zero-order valence-corrected chi connectivity index (χ0v) is 24.9. The fourth-order valence-electron chi connectivity index (χ4n) is 5.92. The standard InChI is InChI=1S/C34H36N6O5/c35-21-23-8-10-25(11-9-23)34(45)40-17-15-39(16-18-40)30-13-12-26(19-29(30)38-32(43)24-5-2-1-3-6-24)33(44)37-28(20-31(41)42)27-7-4-14-36-22-27/h4,7-14,19,22,24,28H,1-3,5-6,15-18,20H2,(H,37,44)(H,38,43)(H,41,42). The van der Waals surface area contributed by atoms with Crippen LogP contribution in [0.2, 0.25) is 0 Å². The Balaban J connectivity index is 1.35. The molecule has 0 bridgehead atoms. The van der Waals surface area contributed by atoms with Gasteiger partial charge in [-0.3, -0.25) is 24.2 Å². The quantitative estimate of drug-likeness (QED) is 0.323. The zero-order chi connectivity index (χ0) is 31.8. The maximum atomic E-state index is 13.4. The predicted molar refractivity (Wildman–Crippen MR) is 168 cm³/mol.